The Morgan fingerprint density at radius 3 is 2.75 bits per heavy atom. The number of halogens is 1. The highest BCUT2D eigenvalue weighted by Gasteiger charge is 2.11. The van der Waals surface area contributed by atoms with E-state index in [1.807, 2.05) is 6.92 Å². The van der Waals surface area contributed by atoms with Crippen molar-refractivity contribution in [1.29, 1.82) is 0 Å². The van der Waals surface area contributed by atoms with Crippen LogP contribution in [0.25, 0.3) is 0 Å². The summed E-state index contributed by atoms with van der Waals surface area (Å²) in [6.45, 7) is 2.60. The first-order valence-corrected chi connectivity index (χ1v) is 4.93. The highest BCUT2D eigenvalue weighted by molar-refractivity contribution is 5.97. The van der Waals surface area contributed by atoms with E-state index in [0.717, 1.165) is 6.42 Å². The summed E-state index contributed by atoms with van der Waals surface area (Å²) < 4.78 is 5.45. The lowest BCUT2D eigenvalue weighted by Crippen LogP contribution is -2.19. The number of nitrogens with one attached hydrogen (secondary N) is 1. The van der Waals surface area contributed by atoms with Gasteiger partial charge in [-0.3, -0.25) is 4.79 Å². The lowest BCUT2D eigenvalue weighted by Gasteiger charge is -2.10. The number of ether oxygens (including phenoxy) is 1. The zero-order chi connectivity index (χ0) is 11.3. The second kappa shape index (κ2) is 6.95. The molecule has 0 aliphatic heterocycles. The molecule has 1 aromatic carbocycles. The molecular formula is C11H17ClN2O2. The van der Waals surface area contributed by atoms with E-state index in [1.165, 1.54) is 0 Å². The maximum Gasteiger partial charge on any atom is 0.254 e. The van der Waals surface area contributed by atoms with Crippen LogP contribution in [0.15, 0.2) is 18.2 Å². The van der Waals surface area contributed by atoms with Crippen LogP contribution < -0.4 is 15.8 Å². The van der Waals surface area contributed by atoms with Gasteiger partial charge in [0.05, 0.1) is 12.2 Å². The Bertz CT molecular complexity index is 356. The Morgan fingerprint density at radius 1 is 1.50 bits per heavy atom. The van der Waals surface area contributed by atoms with Gasteiger partial charge in [-0.1, -0.05) is 6.92 Å². The van der Waals surface area contributed by atoms with Crippen molar-refractivity contribution in [2.45, 2.75) is 13.3 Å². The number of anilines is 1. The fourth-order valence-electron chi connectivity index (χ4n) is 1.20. The van der Waals surface area contributed by atoms with Crippen LogP contribution in [0.3, 0.4) is 0 Å². The standard InChI is InChI=1S/C11H16N2O2.ClH/c1-3-6-15-10-5-4-8(12)7-9(10)11(14)13-2;/h4-5,7H,3,6,12H2,1-2H3,(H,13,14);1H. The molecule has 1 rings (SSSR count). The highest BCUT2D eigenvalue weighted by Crippen LogP contribution is 2.21. The molecule has 0 aliphatic carbocycles. The fraction of sp³-hybridized carbons (Fsp3) is 0.364. The smallest absolute Gasteiger partial charge is 0.254 e. The van der Waals surface area contributed by atoms with E-state index in [0.29, 0.717) is 23.6 Å². The average Bonchev–Trinajstić information content (AvgIpc) is 2.26. The van der Waals surface area contributed by atoms with Gasteiger partial charge in [-0.15, -0.1) is 12.4 Å². The first-order valence-electron chi connectivity index (χ1n) is 4.93. The topological polar surface area (TPSA) is 64.3 Å². The Kier molecular flexibility index (Phi) is 6.34. The number of nitrogens with two attached hydrogens (primary N) is 1. The molecule has 0 spiro atoms. The quantitative estimate of drug-likeness (QED) is 0.795. The van der Waals surface area contributed by atoms with Gasteiger partial charge in [-0.05, 0) is 24.6 Å². The van der Waals surface area contributed by atoms with Crippen molar-refractivity contribution < 1.29 is 9.53 Å². The summed E-state index contributed by atoms with van der Waals surface area (Å²) in [5.74, 6) is 0.388. The molecule has 0 saturated heterocycles. The monoisotopic (exact) mass is 244 g/mol. The zero-order valence-corrected chi connectivity index (χ0v) is 10.3. The lowest BCUT2D eigenvalue weighted by molar-refractivity contribution is 0.0959. The Morgan fingerprint density at radius 2 is 2.19 bits per heavy atom. The van der Waals surface area contributed by atoms with E-state index < -0.39 is 0 Å². The number of amides is 1. The van der Waals surface area contributed by atoms with Gasteiger partial charge in [0.2, 0.25) is 0 Å². The van der Waals surface area contributed by atoms with Crippen molar-refractivity contribution in [3.8, 4) is 5.75 Å². The van der Waals surface area contributed by atoms with Gasteiger partial charge in [0, 0.05) is 12.7 Å². The normalized spacial score (nSPS) is 9.12. The van der Waals surface area contributed by atoms with E-state index in [-0.39, 0.29) is 18.3 Å². The predicted octanol–water partition coefficient (Wildman–Crippen LogP) is 1.84. The summed E-state index contributed by atoms with van der Waals surface area (Å²) in [7, 11) is 1.58. The third-order valence-corrected chi connectivity index (χ3v) is 1.94. The highest BCUT2D eigenvalue weighted by atomic mass is 35.5. The molecule has 90 valence electrons. The molecular weight excluding hydrogens is 228 g/mol. The van der Waals surface area contributed by atoms with Gasteiger partial charge in [-0.25, -0.2) is 0 Å². The minimum absolute atomic E-state index is 0. The molecule has 0 aliphatic rings. The summed E-state index contributed by atoms with van der Waals surface area (Å²) in [6, 6.07) is 5.05. The molecule has 16 heavy (non-hydrogen) atoms. The fourth-order valence-corrected chi connectivity index (χ4v) is 1.20. The molecule has 1 aromatic rings. The van der Waals surface area contributed by atoms with Crippen molar-refractivity contribution >= 4 is 24.0 Å². The molecule has 0 fully saturated rings. The van der Waals surface area contributed by atoms with Crippen LogP contribution in [0, 0.1) is 0 Å². The van der Waals surface area contributed by atoms with Gasteiger partial charge in [-0.2, -0.15) is 0 Å². The van der Waals surface area contributed by atoms with Crippen LogP contribution in [-0.4, -0.2) is 19.6 Å². The Hall–Kier alpha value is -1.42. The van der Waals surface area contributed by atoms with Gasteiger partial charge in [0.25, 0.3) is 5.91 Å². The van der Waals surface area contributed by atoms with Crippen LogP contribution >= 0.6 is 12.4 Å². The van der Waals surface area contributed by atoms with Crippen LogP contribution in [-0.2, 0) is 0 Å². The van der Waals surface area contributed by atoms with Crippen molar-refractivity contribution in [2.24, 2.45) is 0 Å². The van der Waals surface area contributed by atoms with Gasteiger partial charge < -0.3 is 15.8 Å². The Balaban J connectivity index is 0.00000225. The third kappa shape index (κ3) is 3.62. The molecule has 0 saturated carbocycles. The van der Waals surface area contributed by atoms with Crippen molar-refractivity contribution in [3.63, 3.8) is 0 Å². The van der Waals surface area contributed by atoms with Gasteiger partial charge in [0.15, 0.2) is 0 Å². The largest absolute Gasteiger partial charge is 0.493 e. The maximum atomic E-state index is 11.5. The molecule has 0 radical (unpaired) electrons. The first-order chi connectivity index (χ1) is 7.19. The van der Waals surface area contributed by atoms with Crippen molar-refractivity contribution in [2.75, 3.05) is 19.4 Å². The van der Waals surface area contributed by atoms with Gasteiger partial charge in [0.1, 0.15) is 5.75 Å². The van der Waals surface area contributed by atoms with Crippen LogP contribution in [0.4, 0.5) is 5.69 Å². The number of hydrogen-bond acceptors (Lipinski definition) is 3. The van der Waals surface area contributed by atoms with E-state index in [9.17, 15) is 4.79 Å². The van der Waals surface area contributed by atoms with Crippen LogP contribution in [0.1, 0.15) is 23.7 Å². The molecule has 0 bridgehead atoms. The average molecular weight is 245 g/mol. The molecule has 5 heteroatoms. The van der Waals surface area contributed by atoms with E-state index in [4.69, 9.17) is 10.5 Å². The van der Waals surface area contributed by atoms with E-state index >= 15 is 0 Å². The number of rotatable bonds is 4. The van der Waals surface area contributed by atoms with Crippen molar-refractivity contribution in [1.82, 2.24) is 5.32 Å². The maximum absolute atomic E-state index is 11.5. The number of carbonyl (C=O) groups is 1. The molecule has 4 nitrogen and oxygen atoms in total. The minimum atomic E-state index is -0.187. The zero-order valence-electron chi connectivity index (χ0n) is 9.45. The Labute approximate surface area is 102 Å². The predicted molar refractivity (Wildman–Crippen MR) is 67.3 cm³/mol. The number of nitrogen functional groups attached to an aromatic ring is 1. The molecule has 3 N–H and O–H groups in total. The minimum Gasteiger partial charge on any atom is -0.493 e. The van der Waals surface area contributed by atoms with E-state index in [2.05, 4.69) is 5.32 Å². The van der Waals surface area contributed by atoms with Crippen LogP contribution in [0.5, 0.6) is 5.75 Å². The number of hydrogen-bond donors (Lipinski definition) is 2. The second-order valence-electron chi connectivity index (χ2n) is 3.18. The second-order valence-corrected chi connectivity index (χ2v) is 3.18. The summed E-state index contributed by atoms with van der Waals surface area (Å²) in [4.78, 5) is 11.5. The third-order valence-electron chi connectivity index (χ3n) is 1.94. The van der Waals surface area contributed by atoms with Gasteiger partial charge >= 0.3 is 0 Å². The summed E-state index contributed by atoms with van der Waals surface area (Å²) in [5, 5.41) is 2.55. The number of benzene rings is 1. The van der Waals surface area contributed by atoms with E-state index in [1.54, 1.807) is 25.2 Å². The SMILES string of the molecule is CCCOc1ccc(N)cc1C(=O)NC.Cl. The molecule has 0 aromatic heterocycles. The summed E-state index contributed by atoms with van der Waals surface area (Å²) in [6.07, 6.45) is 0.900. The molecule has 0 unspecified atom stereocenters. The molecule has 1 amide bonds. The van der Waals surface area contributed by atoms with Crippen LogP contribution in [0.2, 0.25) is 0 Å². The number of carbonyl (C=O) groups excluding carboxylic acids is 1. The van der Waals surface area contributed by atoms with Crippen molar-refractivity contribution in [3.05, 3.63) is 23.8 Å². The lowest BCUT2D eigenvalue weighted by atomic mass is 10.1. The summed E-state index contributed by atoms with van der Waals surface area (Å²) >= 11 is 0. The first kappa shape index (κ1) is 14.6. The molecule has 0 heterocycles. The molecule has 0 atom stereocenters. The summed E-state index contributed by atoms with van der Waals surface area (Å²) in [5.41, 5.74) is 6.64.